The van der Waals surface area contributed by atoms with E-state index in [9.17, 15) is 0 Å². The van der Waals surface area contributed by atoms with E-state index in [-0.39, 0.29) is 5.60 Å². The van der Waals surface area contributed by atoms with E-state index in [0.717, 1.165) is 12.5 Å². The summed E-state index contributed by atoms with van der Waals surface area (Å²) < 4.78 is 7.38. The van der Waals surface area contributed by atoms with Gasteiger partial charge in [0, 0.05) is 11.0 Å². The van der Waals surface area contributed by atoms with Crippen molar-refractivity contribution in [3.63, 3.8) is 0 Å². The van der Waals surface area contributed by atoms with Gasteiger partial charge in [-0.3, -0.25) is 0 Å². The average molecular weight is 338 g/mol. The SMILES string of the molecule is CCCCCOC1(CI)CCC(CC)CC1. The highest BCUT2D eigenvalue weighted by Crippen LogP contribution is 2.37. The van der Waals surface area contributed by atoms with Crippen molar-refractivity contribution in [2.24, 2.45) is 5.92 Å². The molecule has 0 amide bonds. The summed E-state index contributed by atoms with van der Waals surface area (Å²) in [7, 11) is 0. The van der Waals surface area contributed by atoms with Crippen LogP contribution >= 0.6 is 22.6 Å². The van der Waals surface area contributed by atoms with Crippen molar-refractivity contribution in [2.75, 3.05) is 11.0 Å². The van der Waals surface area contributed by atoms with Crippen LogP contribution in [0.2, 0.25) is 0 Å². The summed E-state index contributed by atoms with van der Waals surface area (Å²) in [4.78, 5) is 0. The maximum Gasteiger partial charge on any atom is 0.0771 e. The number of ether oxygens (including phenoxy) is 1. The number of hydrogen-bond acceptors (Lipinski definition) is 1. The van der Waals surface area contributed by atoms with Crippen LogP contribution in [0.25, 0.3) is 0 Å². The number of alkyl halides is 1. The van der Waals surface area contributed by atoms with Crippen molar-refractivity contribution < 1.29 is 4.74 Å². The molecule has 1 fully saturated rings. The zero-order valence-electron chi connectivity index (χ0n) is 10.9. The van der Waals surface area contributed by atoms with E-state index >= 15 is 0 Å². The summed E-state index contributed by atoms with van der Waals surface area (Å²) >= 11 is 2.51. The van der Waals surface area contributed by atoms with E-state index in [1.54, 1.807) is 0 Å². The first-order valence-corrected chi connectivity index (χ1v) is 8.49. The van der Waals surface area contributed by atoms with Crippen molar-refractivity contribution in [3.05, 3.63) is 0 Å². The Morgan fingerprint density at radius 3 is 2.38 bits per heavy atom. The van der Waals surface area contributed by atoms with Crippen molar-refractivity contribution in [3.8, 4) is 0 Å². The lowest BCUT2D eigenvalue weighted by atomic mass is 9.79. The molecule has 0 aromatic carbocycles. The van der Waals surface area contributed by atoms with Crippen LogP contribution in [0.3, 0.4) is 0 Å². The molecule has 1 saturated carbocycles. The van der Waals surface area contributed by atoms with Gasteiger partial charge in [0.1, 0.15) is 0 Å². The van der Waals surface area contributed by atoms with Crippen LogP contribution in [-0.2, 0) is 4.74 Å². The van der Waals surface area contributed by atoms with Crippen LogP contribution in [0, 0.1) is 5.92 Å². The Hall–Kier alpha value is 0.690. The molecule has 0 bridgehead atoms. The van der Waals surface area contributed by atoms with Gasteiger partial charge in [-0.2, -0.15) is 0 Å². The molecular weight excluding hydrogens is 311 g/mol. The third-order valence-electron chi connectivity index (χ3n) is 3.99. The molecule has 0 saturated heterocycles. The van der Waals surface area contributed by atoms with Gasteiger partial charge >= 0.3 is 0 Å². The maximum absolute atomic E-state index is 6.21. The molecule has 0 aliphatic heterocycles. The Morgan fingerprint density at radius 1 is 1.19 bits per heavy atom. The minimum Gasteiger partial charge on any atom is -0.374 e. The quantitative estimate of drug-likeness (QED) is 0.362. The van der Waals surface area contributed by atoms with Crippen molar-refractivity contribution in [1.82, 2.24) is 0 Å². The molecule has 16 heavy (non-hydrogen) atoms. The minimum atomic E-state index is 0.236. The third kappa shape index (κ3) is 4.52. The number of rotatable bonds is 7. The van der Waals surface area contributed by atoms with Gasteiger partial charge in [-0.25, -0.2) is 0 Å². The molecule has 0 N–H and O–H groups in total. The van der Waals surface area contributed by atoms with Crippen molar-refractivity contribution in [1.29, 1.82) is 0 Å². The standard InChI is InChI=1S/C14H27IO/c1-3-5-6-11-16-14(12-15)9-7-13(4-2)8-10-14/h13H,3-12H2,1-2H3. The highest BCUT2D eigenvalue weighted by molar-refractivity contribution is 14.1. The smallest absolute Gasteiger partial charge is 0.0771 e. The molecule has 0 radical (unpaired) electrons. The molecule has 1 rings (SSSR count). The average Bonchev–Trinajstić information content (AvgIpc) is 2.35. The second kappa shape index (κ2) is 7.91. The first-order chi connectivity index (χ1) is 7.76. The van der Waals surface area contributed by atoms with Crippen molar-refractivity contribution in [2.45, 2.75) is 70.8 Å². The van der Waals surface area contributed by atoms with Crippen LogP contribution in [-0.4, -0.2) is 16.6 Å². The Kier molecular flexibility index (Phi) is 7.29. The normalized spacial score (nSPS) is 30.6. The summed E-state index contributed by atoms with van der Waals surface area (Å²) in [6, 6.07) is 0. The summed E-state index contributed by atoms with van der Waals surface area (Å²) in [6.07, 6.45) is 10.5. The van der Waals surface area contributed by atoms with E-state index in [4.69, 9.17) is 4.74 Å². The van der Waals surface area contributed by atoms with E-state index in [1.807, 2.05) is 0 Å². The lowest BCUT2D eigenvalue weighted by Crippen LogP contribution is -2.39. The van der Waals surface area contributed by atoms with Crippen molar-refractivity contribution >= 4 is 22.6 Å². The lowest BCUT2D eigenvalue weighted by molar-refractivity contribution is -0.0601. The Labute approximate surface area is 115 Å². The molecule has 0 unspecified atom stereocenters. The Morgan fingerprint density at radius 2 is 1.88 bits per heavy atom. The maximum atomic E-state index is 6.21. The molecule has 2 heteroatoms. The van der Waals surface area contributed by atoms with Crippen LogP contribution < -0.4 is 0 Å². The van der Waals surface area contributed by atoms with Crippen LogP contribution in [0.1, 0.15) is 65.2 Å². The monoisotopic (exact) mass is 338 g/mol. The lowest BCUT2D eigenvalue weighted by Gasteiger charge is -2.39. The molecule has 0 aromatic heterocycles. The molecule has 96 valence electrons. The summed E-state index contributed by atoms with van der Waals surface area (Å²) in [6.45, 7) is 5.55. The molecule has 0 atom stereocenters. The molecule has 0 heterocycles. The van der Waals surface area contributed by atoms with Crippen LogP contribution in [0.5, 0.6) is 0 Å². The zero-order valence-corrected chi connectivity index (χ0v) is 13.1. The van der Waals surface area contributed by atoms with E-state index in [2.05, 4.69) is 36.4 Å². The van der Waals surface area contributed by atoms with Gasteiger partial charge in [0.25, 0.3) is 0 Å². The molecule has 0 spiro atoms. The molecule has 1 aliphatic carbocycles. The topological polar surface area (TPSA) is 9.23 Å². The number of unbranched alkanes of at least 4 members (excludes halogenated alkanes) is 2. The predicted octanol–water partition coefficient (Wildman–Crippen LogP) is 4.97. The van der Waals surface area contributed by atoms with E-state index in [1.165, 1.54) is 55.8 Å². The second-order valence-electron chi connectivity index (χ2n) is 5.22. The fraction of sp³-hybridized carbons (Fsp3) is 1.00. The predicted molar refractivity (Wildman–Crippen MR) is 79.3 cm³/mol. The second-order valence-corrected chi connectivity index (χ2v) is 5.99. The van der Waals surface area contributed by atoms with Gasteiger partial charge in [-0.05, 0) is 38.0 Å². The first-order valence-electron chi connectivity index (χ1n) is 6.96. The minimum absolute atomic E-state index is 0.236. The van der Waals surface area contributed by atoms with Crippen LogP contribution in [0.4, 0.5) is 0 Å². The molecule has 1 aliphatic rings. The molecular formula is C14H27IO. The van der Waals surface area contributed by atoms with E-state index in [0.29, 0.717) is 0 Å². The fourth-order valence-electron chi connectivity index (χ4n) is 2.57. The van der Waals surface area contributed by atoms with Gasteiger partial charge in [-0.1, -0.05) is 55.7 Å². The Balaban J connectivity index is 2.28. The van der Waals surface area contributed by atoms with Gasteiger partial charge in [0.2, 0.25) is 0 Å². The molecule has 0 aromatic rings. The summed E-state index contributed by atoms with van der Waals surface area (Å²) in [5.74, 6) is 0.968. The van der Waals surface area contributed by atoms with Gasteiger partial charge in [-0.15, -0.1) is 0 Å². The highest BCUT2D eigenvalue weighted by atomic mass is 127. The van der Waals surface area contributed by atoms with Crippen LogP contribution in [0.15, 0.2) is 0 Å². The number of hydrogen-bond donors (Lipinski definition) is 0. The fourth-order valence-corrected chi connectivity index (χ4v) is 3.55. The zero-order chi connectivity index (χ0) is 11.9. The highest BCUT2D eigenvalue weighted by Gasteiger charge is 2.34. The van der Waals surface area contributed by atoms with Gasteiger partial charge < -0.3 is 4.74 Å². The largest absolute Gasteiger partial charge is 0.374 e. The first kappa shape index (κ1) is 14.7. The van der Waals surface area contributed by atoms with Gasteiger partial charge in [0.15, 0.2) is 0 Å². The third-order valence-corrected chi connectivity index (χ3v) is 5.38. The summed E-state index contributed by atoms with van der Waals surface area (Å²) in [5, 5.41) is 0. The number of halogens is 1. The molecule has 1 nitrogen and oxygen atoms in total. The van der Waals surface area contributed by atoms with Gasteiger partial charge in [0.05, 0.1) is 5.60 Å². The summed E-state index contributed by atoms with van der Waals surface area (Å²) in [5.41, 5.74) is 0.236. The van der Waals surface area contributed by atoms with E-state index < -0.39 is 0 Å². The Bertz CT molecular complexity index is 174.